The molecule has 0 aromatic heterocycles. The first-order valence-corrected chi connectivity index (χ1v) is 9.73. The van der Waals surface area contributed by atoms with Crippen molar-refractivity contribution in [3.05, 3.63) is 29.3 Å². The Bertz CT molecular complexity index is 623. The maximum atomic E-state index is 13.8. The summed E-state index contributed by atoms with van der Waals surface area (Å²) in [5.74, 6) is 0.381. The molecule has 138 valence electrons. The molecular formula is C18H23F2NO3S. The van der Waals surface area contributed by atoms with E-state index in [2.05, 4.69) is 0 Å². The van der Waals surface area contributed by atoms with Crippen LogP contribution in [0.1, 0.15) is 18.4 Å². The van der Waals surface area contributed by atoms with Crippen LogP contribution in [0.15, 0.2) is 12.1 Å². The molecule has 0 N–H and O–H groups in total. The number of hydrogen-bond acceptors (Lipinski definition) is 4. The number of fused-ring (bicyclic) bond motifs is 1. The minimum absolute atomic E-state index is 0.00994. The average molecular weight is 371 g/mol. The Labute approximate surface area is 150 Å². The Morgan fingerprint density at radius 1 is 1.36 bits per heavy atom. The van der Waals surface area contributed by atoms with Crippen LogP contribution in [0.25, 0.3) is 0 Å². The second-order valence-electron chi connectivity index (χ2n) is 6.46. The molecule has 2 aliphatic heterocycles. The van der Waals surface area contributed by atoms with Crippen molar-refractivity contribution in [1.29, 1.82) is 0 Å². The first-order valence-electron chi connectivity index (χ1n) is 8.58. The van der Waals surface area contributed by atoms with E-state index < -0.39 is 17.6 Å². The van der Waals surface area contributed by atoms with Crippen LogP contribution < -0.4 is 4.74 Å². The molecule has 1 atom stereocenters. The van der Waals surface area contributed by atoms with Crippen molar-refractivity contribution < 1.29 is 23.0 Å². The van der Waals surface area contributed by atoms with Gasteiger partial charge in [-0.15, -0.1) is 0 Å². The summed E-state index contributed by atoms with van der Waals surface area (Å²) >= 11 is 1.90. The van der Waals surface area contributed by atoms with E-state index in [1.807, 2.05) is 16.7 Å². The van der Waals surface area contributed by atoms with Crippen LogP contribution in [0.2, 0.25) is 0 Å². The van der Waals surface area contributed by atoms with E-state index >= 15 is 0 Å². The maximum Gasteiger partial charge on any atom is 0.229 e. The molecule has 1 unspecified atom stereocenters. The summed E-state index contributed by atoms with van der Waals surface area (Å²) in [4.78, 5) is 15.0. The molecule has 2 heterocycles. The third-order valence-corrected chi connectivity index (χ3v) is 5.83. The molecule has 0 saturated carbocycles. The van der Waals surface area contributed by atoms with E-state index in [4.69, 9.17) is 9.47 Å². The third kappa shape index (κ3) is 4.26. The van der Waals surface area contributed by atoms with Gasteiger partial charge in [-0.1, -0.05) is 0 Å². The maximum absolute atomic E-state index is 13.8. The molecule has 0 bridgehead atoms. The summed E-state index contributed by atoms with van der Waals surface area (Å²) in [6.45, 7) is 1.13. The van der Waals surface area contributed by atoms with Crippen LogP contribution in [0.4, 0.5) is 8.78 Å². The van der Waals surface area contributed by atoms with Crippen molar-refractivity contribution in [3.63, 3.8) is 0 Å². The van der Waals surface area contributed by atoms with Crippen LogP contribution in [-0.2, 0) is 16.0 Å². The predicted octanol–water partition coefficient (Wildman–Crippen LogP) is 2.89. The number of rotatable bonds is 5. The number of hydrogen-bond donors (Lipinski definition) is 0. The normalized spacial score (nSPS) is 20.7. The van der Waals surface area contributed by atoms with Gasteiger partial charge in [0.25, 0.3) is 0 Å². The first-order chi connectivity index (χ1) is 12.1. The van der Waals surface area contributed by atoms with Crippen LogP contribution in [0, 0.1) is 17.6 Å². The molecule has 1 aromatic carbocycles. The molecule has 0 spiro atoms. The van der Waals surface area contributed by atoms with Gasteiger partial charge < -0.3 is 14.4 Å². The summed E-state index contributed by atoms with van der Waals surface area (Å²) in [5, 5.41) is 0. The van der Waals surface area contributed by atoms with Crippen molar-refractivity contribution in [2.45, 2.75) is 25.3 Å². The number of nitrogens with zero attached hydrogens (tertiary/aromatic N) is 1. The predicted molar refractivity (Wildman–Crippen MR) is 93.0 cm³/mol. The van der Waals surface area contributed by atoms with Gasteiger partial charge in [0.05, 0.1) is 12.5 Å². The number of carbonyl (C=O) groups excluding carboxylic acids is 1. The molecular weight excluding hydrogens is 348 g/mol. The van der Waals surface area contributed by atoms with Crippen LogP contribution in [-0.4, -0.2) is 55.2 Å². The molecule has 1 saturated heterocycles. The van der Waals surface area contributed by atoms with Gasteiger partial charge in [0.1, 0.15) is 12.4 Å². The van der Waals surface area contributed by atoms with Gasteiger partial charge in [-0.25, -0.2) is 8.78 Å². The first kappa shape index (κ1) is 18.5. The van der Waals surface area contributed by atoms with Gasteiger partial charge in [-0.2, -0.15) is 11.8 Å². The molecule has 4 nitrogen and oxygen atoms in total. The Balaban J connectivity index is 1.75. The Hall–Kier alpha value is -1.34. The summed E-state index contributed by atoms with van der Waals surface area (Å²) in [5.41, 5.74) is 0.424. The fourth-order valence-electron chi connectivity index (χ4n) is 3.49. The number of carbonyl (C=O) groups is 1. The number of benzene rings is 1. The quantitative estimate of drug-likeness (QED) is 0.798. The van der Waals surface area contributed by atoms with Crippen molar-refractivity contribution >= 4 is 17.7 Å². The molecule has 1 fully saturated rings. The number of amides is 1. The number of ether oxygens (including phenoxy) is 2. The third-order valence-electron chi connectivity index (χ3n) is 4.78. The molecule has 0 radical (unpaired) electrons. The SMILES string of the molecule is COCCN(C(=O)C1COc2c(F)cc(F)cc2C1)C1CCSCC1. The van der Waals surface area contributed by atoms with E-state index in [0.29, 0.717) is 25.1 Å². The van der Waals surface area contributed by atoms with Gasteiger partial charge in [0.15, 0.2) is 11.6 Å². The Kier molecular flexibility index (Phi) is 6.17. The van der Waals surface area contributed by atoms with Crippen molar-refractivity contribution in [3.8, 4) is 5.75 Å². The molecule has 7 heteroatoms. The lowest BCUT2D eigenvalue weighted by Gasteiger charge is -2.37. The number of thioether (sulfide) groups is 1. The lowest BCUT2D eigenvalue weighted by Crippen LogP contribution is -2.48. The van der Waals surface area contributed by atoms with Crippen LogP contribution >= 0.6 is 11.8 Å². The molecule has 25 heavy (non-hydrogen) atoms. The monoisotopic (exact) mass is 371 g/mol. The highest BCUT2D eigenvalue weighted by molar-refractivity contribution is 7.99. The highest BCUT2D eigenvalue weighted by Crippen LogP contribution is 2.32. The fraction of sp³-hybridized carbons (Fsp3) is 0.611. The topological polar surface area (TPSA) is 38.8 Å². The standard InChI is InChI=1S/C18H23F2NO3S/c1-23-5-4-21(15-2-6-25-7-3-15)18(22)13-8-12-9-14(19)10-16(20)17(12)24-11-13/h9-10,13,15H,2-8,11H2,1H3. The zero-order valence-corrected chi connectivity index (χ0v) is 15.1. The molecule has 2 aliphatic rings. The molecule has 1 amide bonds. The lowest BCUT2D eigenvalue weighted by molar-refractivity contribution is -0.140. The van der Waals surface area contributed by atoms with E-state index in [0.717, 1.165) is 30.4 Å². The second kappa shape index (κ2) is 8.36. The minimum Gasteiger partial charge on any atom is -0.489 e. The summed E-state index contributed by atoms with van der Waals surface area (Å²) in [7, 11) is 1.62. The van der Waals surface area contributed by atoms with E-state index in [-0.39, 0.29) is 24.3 Å². The summed E-state index contributed by atoms with van der Waals surface area (Å²) < 4.78 is 37.9. The molecule has 0 aliphatic carbocycles. The van der Waals surface area contributed by atoms with Crippen LogP contribution in [0.3, 0.4) is 0 Å². The highest BCUT2D eigenvalue weighted by atomic mass is 32.2. The lowest BCUT2D eigenvalue weighted by atomic mass is 9.94. The van der Waals surface area contributed by atoms with Crippen molar-refractivity contribution in [1.82, 2.24) is 4.90 Å². The average Bonchev–Trinajstić information content (AvgIpc) is 2.62. The largest absolute Gasteiger partial charge is 0.489 e. The smallest absolute Gasteiger partial charge is 0.229 e. The summed E-state index contributed by atoms with van der Waals surface area (Å²) in [6, 6.07) is 2.27. The zero-order chi connectivity index (χ0) is 17.8. The highest BCUT2D eigenvalue weighted by Gasteiger charge is 2.34. The summed E-state index contributed by atoms with van der Waals surface area (Å²) in [6.07, 6.45) is 2.23. The zero-order valence-electron chi connectivity index (χ0n) is 14.3. The van der Waals surface area contributed by atoms with E-state index in [1.54, 1.807) is 7.11 Å². The number of halogens is 2. The van der Waals surface area contributed by atoms with E-state index in [1.165, 1.54) is 6.07 Å². The Morgan fingerprint density at radius 3 is 2.84 bits per heavy atom. The van der Waals surface area contributed by atoms with Gasteiger partial charge in [0, 0.05) is 31.3 Å². The van der Waals surface area contributed by atoms with Gasteiger partial charge in [-0.05, 0) is 36.8 Å². The van der Waals surface area contributed by atoms with Crippen molar-refractivity contribution in [2.75, 3.05) is 38.4 Å². The second-order valence-corrected chi connectivity index (χ2v) is 7.68. The number of methoxy groups -OCH3 is 1. The van der Waals surface area contributed by atoms with Gasteiger partial charge >= 0.3 is 0 Å². The Morgan fingerprint density at radius 2 is 2.12 bits per heavy atom. The van der Waals surface area contributed by atoms with Crippen molar-refractivity contribution in [2.24, 2.45) is 5.92 Å². The molecule has 3 rings (SSSR count). The van der Waals surface area contributed by atoms with Crippen LogP contribution in [0.5, 0.6) is 5.75 Å². The molecule has 1 aromatic rings. The fourth-order valence-corrected chi connectivity index (χ4v) is 4.57. The van der Waals surface area contributed by atoms with Gasteiger partial charge in [-0.3, -0.25) is 4.79 Å². The van der Waals surface area contributed by atoms with Gasteiger partial charge in [0.2, 0.25) is 5.91 Å². The van der Waals surface area contributed by atoms with E-state index in [9.17, 15) is 13.6 Å². The minimum atomic E-state index is -0.707.